The van der Waals surface area contributed by atoms with Crippen molar-refractivity contribution < 1.29 is 9.59 Å². The molecule has 28 heavy (non-hydrogen) atoms. The second-order valence-corrected chi connectivity index (χ2v) is 9.09. The van der Waals surface area contributed by atoms with Crippen LogP contribution in [0.5, 0.6) is 0 Å². The number of nitrogens with zero attached hydrogens (tertiary/aromatic N) is 4. The van der Waals surface area contributed by atoms with Gasteiger partial charge < -0.3 is 9.80 Å². The van der Waals surface area contributed by atoms with Crippen molar-refractivity contribution >= 4 is 11.8 Å². The molecule has 0 spiro atoms. The molecule has 0 radical (unpaired) electrons. The van der Waals surface area contributed by atoms with Crippen LogP contribution < -0.4 is 0 Å². The number of carbonyl (C=O) groups is 2. The first-order valence-electron chi connectivity index (χ1n) is 11.2. The second kappa shape index (κ2) is 7.45. The number of amides is 2. The highest BCUT2D eigenvalue weighted by atomic mass is 16.2. The van der Waals surface area contributed by atoms with E-state index in [1.54, 1.807) is 0 Å². The van der Waals surface area contributed by atoms with Crippen LogP contribution in [0.1, 0.15) is 85.2 Å². The molecule has 4 unspecified atom stereocenters. The molecule has 6 nitrogen and oxygen atoms in total. The molecule has 2 aliphatic heterocycles. The summed E-state index contributed by atoms with van der Waals surface area (Å²) >= 11 is 0. The van der Waals surface area contributed by atoms with Gasteiger partial charge in [-0.3, -0.25) is 14.6 Å². The Morgan fingerprint density at radius 3 is 1.68 bits per heavy atom. The van der Waals surface area contributed by atoms with Gasteiger partial charge in [-0.25, -0.2) is 4.98 Å². The van der Waals surface area contributed by atoms with Gasteiger partial charge in [0.25, 0.3) is 11.8 Å². The predicted molar refractivity (Wildman–Crippen MR) is 105 cm³/mol. The first kappa shape index (κ1) is 18.1. The molecule has 0 bridgehead atoms. The van der Waals surface area contributed by atoms with Gasteiger partial charge in [0.1, 0.15) is 11.4 Å². The lowest BCUT2D eigenvalue weighted by molar-refractivity contribution is 0.0675. The van der Waals surface area contributed by atoms with Gasteiger partial charge >= 0.3 is 0 Å². The molecule has 0 aromatic carbocycles. The Morgan fingerprint density at radius 1 is 0.714 bits per heavy atom. The molecule has 0 N–H and O–H groups in total. The summed E-state index contributed by atoms with van der Waals surface area (Å²) in [5.41, 5.74) is 0.660. The van der Waals surface area contributed by atoms with Gasteiger partial charge in [-0.2, -0.15) is 0 Å². The lowest BCUT2D eigenvalue weighted by Crippen LogP contribution is -2.41. The van der Waals surface area contributed by atoms with E-state index >= 15 is 0 Å². The molecule has 5 rings (SSSR count). The van der Waals surface area contributed by atoms with E-state index in [1.807, 2.05) is 9.80 Å². The fourth-order valence-electron chi connectivity index (χ4n) is 6.18. The van der Waals surface area contributed by atoms with Gasteiger partial charge in [-0.15, -0.1) is 0 Å². The van der Waals surface area contributed by atoms with Crippen molar-refractivity contribution in [1.82, 2.24) is 19.8 Å². The molecule has 150 valence electrons. The molecule has 6 heteroatoms. The van der Waals surface area contributed by atoms with Crippen LogP contribution in [0.2, 0.25) is 0 Å². The van der Waals surface area contributed by atoms with Crippen LogP contribution in [0, 0.1) is 11.8 Å². The third-order valence-electron chi connectivity index (χ3n) is 7.61. The molecule has 1 aromatic rings. The van der Waals surface area contributed by atoms with Crippen LogP contribution in [-0.4, -0.2) is 56.8 Å². The summed E-state index contributed by atoms with van der Waals surface area (Å²) in [5.74, 6) is 1.19. The summed E-state index contributed by atoms with van der Waals surface area (Å²) < 4.78 is 0. The minimum Gasteiger partial charge on any atom is -0.334 e. The Morgan fingerprint density at radius 2 is 1.18 bits per heavy atom. The number of hydrogen-bond acceptors (Lipinski definition) is 4. The van der Waals surface area contributed by atoms with Crippen LogP contribution in [-0.2, 0) is 0 Å². The maximum Gasteiger partial charge on any atom is 0.274 e. The van der Waals surface area contributed by atoms with E-state index < -0.39 is 0 Å². The third-order valence-corrected chi connectivity index (χ3v) is 7.61. The number of aromatic nitrogens is 2. The van der Waals surface area contributed by atoms with E-state index in [0.717, 1.165) is 38.8 Å². The van der Waals surface area contributed by atoms with Gasteiger partial charge in [0, 0.05) is 25.2 Å². The SMILES string of the molecule is O=C(c1cncc(C(=O)N2CCC3CCCCC32)n1)N1CCC2CCCCC21. The van der Waals surface area contributed by atoms with Crippen LogP contribution in [0.15, 0.2) is 12.4 Å². The van der Waals surface area contributed by atoms with Crippen LogP contribution >= 0.6 is 0 Å². The lowest BCUT2D eigenvalue weighted by Gasteiger charge is -2.32. The molecule has 2 saturated heterocycles. The Balaban J connectivity index is 1.33. The quantitative estimate of drug-likeness (QED) is 0.787. The van der Waals surface area contributed by atoms with Crippen LogP contribution in [0.3, 0.4) is 0 Å². The zero-order valence-corrected chi connectivity index (χ0v) is 16.6. The smallest absolute Gasteiger partial charge is 0.274 e. The molecule has 1 aromatic heterocycles. The Labute approximate surface area is 166 Å². The highest BCUT2D eigenvalue weighted by molar-refractivity contribution is 5.96. The van der Waals surface area contributed by atoms with Crippen molar-refractivity contribution in [2.45, 2.75) is 76.3 Å². The molecule has 2 amide bonds. The topological polar surface area (TPSA) is 66.4 Å². The third kappa shape index (κ3) is 3.11. The molecule has 2 aliphatic carbocycles. The zero-order valence-electron chi connectivity index (χ0n) is 16.6. The number of hydrogen-bond donors (Lipinski definition) is 0. The Hall–Kier alpha value is -1.98. The summed E-state index contributed by atoms with van der Waals surface area (Å²) in [6, 6.07) is 0.702. The van der Waals surface area contributed by atoms with E-state index in [9.17, 15) is 9.59 Å². The van der Waals surface area contributed by atoms with E-state index in [2.05, 4.69) is 9.97 Å². The van der Waals surface area contributed by atoms with E-state index in [4.69, 9.17) is 0 Å². The van der Waals surface area contributed by atoms with Crippen molar-refractivity contribution in [2.24, 2.45) is 11.8 Å². The Kier molecular flexibility index (Phi) is 4.81. The summed E-state index contributed by atoms with van der Waals surface area (Å²) in [7, 11) is 0. The summed E-state index contributed by atoms with van der Waals surface area (Å²) in [5, 5.41) is 0. The monoisotopic (exact) mass is 382 g/mol. The molecule has 2 saturated carbocycles. The van der Waals surface area contributed by atoms with E-state index in [0.29, 0.717) is 35.3 Å². The molecular weight excluding hydrogens is 352 g/mol. The molecule has 3 heterocycles. The first-order chi connectivity index (χ1) is 13.7. The van der Waals surface area contributed by atoms with Crippen LogP contribution in [0.4, 0.5) is 0 Å². The zero-order chi connectivity index (χ0) is 19.1. The number of likely N-dealkylation sites (tertiary alicyclic amines) is 2. The Bertz CT molecular complexity index is 707. The van der Waals surface area contributed by atoms with E-state index in [1.165, 1.54) is 50.9 Å². The maximum absolute atomic E-state index is 13.1. The lowest BCUT2D eigenvalue weighted by atomic mass is 9.85. The van der Waals surface area contributed by atoms with Gasteiger partial charge in [0.05, 0.1) is 12.4 Å². The molecule has 4 fully saturated rings. The summed E-state index contributed by atoms with van der Waals surface area (Å²) in [4.78, 5) is 39.0. The van der Waals surface area contributed by atoms with Gasteiger partial charge in [-0.05, 0) is 50.4 Å². The van der Waals surface area contributed by atoms with Crippen LogP contribution in [0.25, 0.3) is 0 Å². The fraction of sp³-hybridized carbons (Fsp3) is 0.727. The molecule has 4 atom stereocenters. The number of carbonyl (C=O) groups excluding carboxylic acids is 2. The van der Waals surface area contributed by atoms with Crippen molar-refractivity contribution in [3.05, 3.63) is 23.8 Å². The fourth-order valence-corrected chi connectivity index (χ4v) is 6.18. The van der Waals surface area contributed by atoms with Crippen molar-refractivity contribution in [1.29, 1.82) is 0 Å². The molecule has 4 aliphatic rings. The maximum atomic E-state index is 13.1. The second-order valence-electron chi connectivity index (χ2n) is 9.09. The average Bonchev–Trinajstić information content (AvgIpc) is 3.37. The number of rotatable bonds is 2. The molecular formula is C22H30N4O2. The normalized spacial score (nSPS) is 32.1. The van der Waals surface area contributed by atoms with Gasteiger partial charge in [0.2, 0.25) is 0 Å². The average molecular weight is 383 g/mol. The highest BCUT2D eigenvalue weighted by Crippen LogP contribution is 2.38. The van der Waals surface area contributed by atoms with Crippen molar-refractivity contribution in [3.63, 3.8) is 0 Å². The highest BCUT2D eigenvalue weighted by Gasteiger charge is 2.40. The number of fused-ring (bicyclic) bond motifs is 2. The van der Waals surface area contributed by atoms with Gasteiger partial charge in [0.15, 0.2) is 0 Å². The minimum absolute atomic E-state index is 0.0477. The predicted octanol–water partition coefficient (Wildman–Crippen LogP) is 3.29. The first-order valence-corrected chi connectivity index (χ1v) is 11.2. The summed E-state index contributed by atoms with van der Waals surface area (Å²) in [6.45, 7) is 1.62. The van der Waals surface area contributed by atoms with Crippen molar-refractivity contribution in [3.8, 4) is 0 Å². The largest absolute Gasteiger partial charge is 0.334 e. The van der Waals surface area contributed by atoms with E-state index in [-0.39, 0.29) is 11.8 Å². The minimum atomic E-state index is -0.0477. The summed E-state index contributed by atoms with van der Waals surface area (Å²) in [6.07, 6.45) is 14.9. The standard InChI is InChI=1S/C22H30N4O2/c27-21(25-11-9-15-5-1-3-7-19(15)25)17-13-23-14-18(24-17)22(28)26-12-10-16-6-2-4-8-20(16)26/h13-16,19-20H,1-12H2. The van der Waals surface area contributed by atoms with Crippen molar-refractivity contribution in [2.75, 3.05) is 13.1 Å². The van der Waals surface area contributed by atoms with Gasteiger partial charge in [-0.1, -0.05) is 25.7 Å².